The summed E-state index contributed by atoms with van der Waals surface area (Å²) in [5, 5.41) is 1.18. The number of hydrogen-bond donors (Lipinski definition) is 0. The van der Waals surface area contributed by atoms with E-state index in [4.69, 9.17) is 16.3 Å². The summed E-state index contributed by atoms with van der Waals surface area (Å²) in [5.41, 5.74) is 2.47. The van der Waals surface area contributed by atoms with Crippen molar-refractivity contribution in [3.8, 4) is 16.5 Å². The summed E-state index contributed by atoms with van der Waals surface area (Å²) in [6, 6.07) is 3.67. The van der Waals surface area contributed by atoms with E-state index >= 15 is 0 Å². The molecule has 0 aliphatic heterocycles. The fraction of sp³-hybridized carbons (Fsp3) is 0.0833. The summed E-state index contributed by atoms with van der Waals surface area (Å²) in [7, 11) is 1.61. The first kappa shape index (κ1) is 12.8. The van der Waals surface area contributed by atoms with Gasteiger partial charge in [0, 0.05) is 16.7 Å². The van der Waals surface area contributed by atoms with E-state index in [-0.39, 0.29) is 0 Å². The van der Waals surface area contributed by atoms with Gasteiger partial charge in [0.25, 0.3) is 0 Å². The first-order chi connectivity index (χ1) is 9.19. The number of thiazole rings is 1. The van der Waals surface area contributed by atoms with E-state index in [1.165, 1.54) is 11.3 Å². The SMILES string of the molecule is COc1cc(Br)c2c(Cl)nc(-c3cncs3)nc2c1. The van der Waals surface area contributed by atoms with Gasteiger partial charge in [-0.3, -0.25) is 4.98 Å². The van der Waals surface area contributed by atoms with E-state index in [0.717, 1.165) is 20.3 Å². The molecule has 0 unspecified atom stereocenters. The zero-order chi connectivity index (χ0) is 13.4. The minimum absolute atomic E-state index is 0.405. The molecule has 4 nitrogen and oxygen atoms in total. The number of methoxy groups -OCH3 is 1. The third-order valence-electron chi connectivity index (χ3n) is 2.57. The van der Waals surface area contributed by atoms with Gasteiger partial charge in [-0.15, -0.1) is 11.3 Å². The van der Waals surface area contributed by atoms with Crippen LogP contribution in [0.5, 0.6) is 5.75 Å². The molecule has 0 atom stereocenters. The van der Waals surface area contributed by atoms with Gasteiger partial charge in [0.15, 0.2) is 5.82 Å². The average molecular weight is 357 g/mol. The molecule has 96 valence electrons. The van der Waals surface area contributed by atoms with Gasteiger partial charge in [-0.1, -0.05) is 11.6 Å². The predicted octanol–water partition coefficient (Wildman–Crippen LogP) is 4.18. The Hall–Kier alpha value is -1.24. The van der Waals surface area contributed by atoms with Crippen molar-refractivity contribution in [2.24, 2.45) is 0 Å². The molecule has 0 fully saturated rings. The van der Waals surface area contributed by atoms with Crippen LogP contribution in [0.15, 0.2) is 28.3 Å². The Balaban J connectivity index is 2.30. The Morgan fingerprint density at radius 1 is 1.32 bits per heavy atom. The normalized spacial score (nSPS) is 10.9. The van der Waals surface area contributed by atoms with Crippen LogP contribution in [-0.2, 0) is 0 Å². The number of hydrogen-bond acceptors (Lipinski definition) is 5. The highest BCUT2D eigenvalue weighted by Crippen LogP contribution is 2.34. The number of rotatable bonds is 2. The van der Waals surface area contributed by atoms with Crippen molar-refractivity contribution in [3.05, 3.63) is 33.5 Å². The smallest absolute Gasteiger partial charge is 0.173 e. The van der Waals surface area contributed by atoms with E-state index in [0.29, 0.717) is 16.7 Å². The van der Waals surface area contributed by atoms with Crippen molar-refractivity contribution >= 4 is 49.8 Å². The summed E-state index contributed by atoms with van der Waals surface area (Å²) >= 11 is 11.2. The Morgan fingerprint density at radius 3 is 2.84 bits per heavy atom. The van der Waals surface area contributed by atoms with Crippen molar-refractivity contribution in [2.75, 3.05) is 7.11 Å². The molecule has 0 saturated carbocycles. The molecule has 0 aliphatic rings. The zero-order valence-electron chi connectivity index (χ0n) is 9.72. The monoisotopic (exact) mass is 355 g/mol. The fourth-order valence-corrected chi connectivity index (χ4v) is 3.27. The molecule has 0 aliphatic carbocycles. The second kappa shape index (κ2) is 5.03. The molecule has 0 spiro atoms. The molecule has 3 rings (SSSR count). The first-order valence-corrected chi connectivity index (χ1v) is 7.33. The zero-order valence-corrected chi connectivity index (χ0v) is 12.9. The highest BCUT2D eigenvalue weighted by Gasteiger charge is 2.13. The second-order valence-corrected chi connectivity index (χ2v) is 5.81. The van der Waals surface area contributed by atoms with Crippen LogP contribution in [0.25, 0.3) is 21.6 Å². The van der Waals surface area contributed by atoms with Gasteiger partial charge < -0.3 is 4.74 Å². The molecule has 7 heteroatoms. The molecule has 19 heavy (non-hydrogen) atoms. The van der Waals surface area contributed by atoms with Gasteiger partial charge in [-0.25, -0.2) is 9.97 Å². The van der Waals surface area contributed by atoms with Gasteiger partial charge in [0.1, 0.15) is 10.9 Å². The standard InChI is InChI=1S/C12H7BrClN3OS/c1-18-6-2-7(13)10-8(3-6)16-12(17-11(10)14)9-4-15-5-19-9/h2-5H,1H3. The van der Waals surface area contributed by atoms with E-state index in [2.05, 4.69) is 30.9 Å². The highest BCUT2D eigenvalue weighted by atomic mass is 79.9. The van der Waals surface area contributed by atoms with Crippen molar-refractivity contribution in [1.29, 1.82) is 0 Å². The van der Waals surface area contributed by atoms with Crippen LogP contribution in [0.3, 0.4) is 0 Å². The molecule has 2 aromatic heterocycles. The van der Waals surface area contributed by atoms with Gasteiger partial charge >= 0.3 is 0 Å². The van der Waals surface area contributed by atoms with Crippen molar-refractivity contribution in [1.82, 2.24) is 15.0 Å². The Bertz CT molecular complexity index is 748. The molecule has 0 saturated heterocycles. The summed E-state index contributed by atoms with van der Waals surface area (Å²) in [4.78, 5) is 13.7. The Morgan fingerprint density at radius 2 is 2.16 bits per heavy atom. The van der Waals surface area contributed by atoms with E-state index in [9.17, 15) is 0 Å². The van der Waals surface area contributed by atoms with Crippen LogP contribution in [0.2, 0.25) is 5.15 Å². The maximum atomic E-state index is 6.24. The predicted molar refractivity (Wildman–Crippen MR) is 79.9 cm³/mol. The second-order valence-electron chi connectivity index (χ2n) is 3.71. The lowest BCUT2D eigenvalue weighted by molar-refractivity contribution is 0.415. The average Bonchev–Trinajstić information content (AvgIpc) is 2.91. The van der Waals surface area contributed by atoms with Crippen LogP contribution < -0.4 is 4.74 Å². The molecule has 0 N–H and O–H groups in total. The highest BCUT2D eigenvalue weighted by molar-refractivity contribution is 9.10. The quantitative estimate of drug-likeness (QED) is 0.646. The molecule has 3 aromatic rings. The van der Waals surface area contributed by atoms with E-state index in [1.807, 2.05) is 12.1 Å². The van der Waals surface area contributed by atoms with Crippen LogP contribution in [0.4, 0.5) is 0 Å². The maximum Gasteiger partial charge on any atom is 0.173 e. The molecular weight excluding hydrogens is 350 g/mol. The van der Waals surface area contributed by atoms with Crippen molar-refractivity contribution in [3.63, 3.8) is 0 Å². The third kappa shape index (κ3) is 2.31. The molecule has 1 aromatic carbocycles. The lowest BCUT2D eigenvalue weighted by Gasteiger charge is -2.07. The summed E-state index contributed by atoms with van der Waals surface area (Å²) in [6.45, 7) is 0. The maximum absolute atomic E-state index is 6.24. The van der Waals surface area contributed by atoms with Crippen LogP contribution in [-0.4, -0.2) is 22.1 Å². The number of fused-ring (bicyclic) bond motifs is 1. The van der Waals surface area contributed by atoms with Gasteiger partial charge in [0.05, 0.1) is 28.4 Å². The number of aromatic nitrogens is 3. The first-order valence-electron chi connectivity index (χ1n) is 5.28. The lowest BCUT2D eigenvalue weighted by Crippen LogP contribution is -1.92. The number of nitrogens with zero attached hydrogens (tertiary/aromatic N) is 3. The number of halogens is 2. The fourth-order valence-electron chi connectivity index (χ4n) is 1.70. The number of benzene rings is 1. The van der Waals surface area contributed by atoms with Crippen LogP contribution >= 0.6 is 38.9 Å². The number of ether oxygens (including phenoxy) is 1. The van der Waals surface area contributed by atoms with E-state index < -0.39 is 0 Å². The lowest BCUT2D eigenvalue weighted by atomic mass is 10.2. The summed E-state index contributed by atoms with van der Waals surface area (Å²) < 4.78 is 6.04. The Labute approximate surface area is 126 Å². The van der Waals surface area contributed by atoms with Crippen molar-refractivity contribution < 1.29 is 4.74 Å². The summed E-state index contributed by atoms with van der Waals surface area (Å²) in [6.07, 6.45) is 1.72. The van der Waals surface area contributed by atoms with Gasteiger partial charge in [-0.05, 0) is 22.0 Å². The molecule has 0 bridgehead atoms. The van der Waals surface area contributed by atoms with Crippen molar-refractivity contribution in [2.45, 2.75) is 0 Å². The van der Waals surface area contributed by atoms with Gasteiger partial charge in [-0.2, -0.15) is 0 Å². The van der Waals surface area contributed by atoms with E-state index in [1.54, 1.807) is 18.8 Å². The van der Waals surface area contributed by atoms with Crippen LogP contribution in [0.1, 0.15) is 0 Å². The van der Waals surface area contributed by atoms with Crippen LogP contribution in [0, 0.1) is 0 Å². The molecule has 0 radical (unpaired) electrons. The Kier molecular flexibility index (Phi) is 3.38. The minimum Gasteiger partial charge on any atom is -0.497 e. The van der Waals surface area contributed by atoms with Gasteiger partial charge in [0.2, 0.25) is 0 Å². The minimum atomic E-state index is 0.405. The summed E-state index contributed by atoms with van der Waals surface area (Å²) in [5.74, 6) is 1.28. The molecule has 2 heterocycles. The largest absolute Gasteiger partial charge is 0.497 e. The topological polar surface area (TPSA) is 47.9 Å². The third-order valence-corrected chi connectivity index (χ3v) is 4.24. The molecular formula is C12H7BrClN3OS. The molecule has 0 amide bonds.